The van der Waals surface area contributed by atoms with Crippen molar-refractivity contribution < 1.29 is 9.50 Å². The SMILES string of the molecule is CCN(CC)CC(O)CSc1nnc(NCc2ccc(F)cc2)s1. The minimum absolute atomic E-state index is 0.239. The lowest BCUT2D eigenvalue weighted by atomic mass is 10.2. The molecule has 1 heterocycles. The quantitative estimate of drug-likeness (QED) is 0.627. The third-order valence-electron chi connectivity index (χ3n) is 3.53. The molecular weight excluding hydrogens is 347 g/mol. The van der Waals surface area contributed by atoms with E-state index in [2.05, 4.69) is 34.3 Å². The Morgan fingerprint density at radius 1 is 1.25 bits per heavy atom. The Kier molecular flexibility index (Phi) is 7.90. The van der Waals surface area contributed by atoms with Crippen molar-refractivity contribution in [2.75, 3.05) is 30.7 Å². The number of likely N-dealkylation sites (N-methyl/N-ethyl adjacent to an activating group) is 1. The predicted molar refractivity (Wildman–Crippen MR) is 98.2 cm³/mol. The summed E-state index contributed by atoms with van der Waals surface area (Å²) in [5.41, 5.74) is 0.982. The molecule has 2 aromatic rings. The molecule has 0 fully saturated rings. The minimum Gasteiger partial charge on any atom is -0.391 e. The van der Waals surface area contributed by atoms with Crippen LogP contribution < -0.4 is 5.32 Å². The molecule has 0 bridgehead atoms. The molecule has 24 heavy (non-hydrogen) atoms. The second kappa shape index (κ2) is 9.93. The van der Waals surface area contributed by atoms with E-state index in [0.29, 0.717) is 18.8 Å². The van der Waals surface area contributed by atoms with Gasteiger partial charge in [0.1, 0.15) is 5.82 Å². The molecular formula is C16H23FN4OS2. The Bertz CT molecular complexity index is 604. The number of aromatic nitrogens is 2. The van der Waals surface area contributed by atoms with Crippen LogP contribution in [0, 0.1) is 5.82 Å². The zero-order valence-corrected chi connectivity index (χ0v) is 15.5. The van der Waals surface area contributed by atoms with E-state index in [0.717, 1.165) is 28.1 Å². The molecule has 2 N–H and O–H groups in total. The third-order valence-corrected chi connectivity index (χ3v) is 5.69. The van der Waals surface area contributed by atoms with Gasteiger partial charge in [-0.3, -0.25) is 0 Å². The van der Waals surface area contributed by atoms with Gasteiger partial charge in [-0.2, -0.15) is 0 Å². The monoisotopic (exact) mass is 370 g/mol. The van der Waals surface area contributed by atoms with Crippen molar-refractivity contribution in [3.63, 3.8) is 0 Å². The molecule has 132 valence electrons. The van der Waals surface area contributed by atoms with Gasteiger partial charge >= 0.3 is 0 Å². The van der Waals surface area contributed by atoms with Crippen molar-refractivity contribution in [3.8, 4) is 0 Å². The highest BCUT2D eigenvalue weighted by Gasteiger charge is 2.12. The van der Waals surface area contributed by atoms with Crippen molar-refractivity contribution in [2.45, 2.75) is 30.8 Å². The van der Waals surface area contributed by atoms with Crippen molar-refractivity contribution in [3.05, 3.63) is 35.6 Å². The van der Waals surface area contributed by atoms with Crippen molar-refractivity contribution >= 4 is 28.2 Å². The maximum absolute atomic E-state index is 12.9. The fraction of sp³-hybridized carbons (Fsp3) is 0.500. The number of hydrogen-bond donors (Lipinski definition) is 2. The fourth-order valence-corrected chi connectivity index (χ4v) is 3.81. The van der Waals surface area contributed by atoms with Crippen LogP contribution >= 0.6 is 23.1 Å². The smallest absolute Gasteiger partial charge is 0.206 e. The molecule has 1 aromatic carbocycles. The van der Waals surface area contributed by atoms with Crippen LogP contribution in [-0.2, 0) is 6.54 Å². The molecule has 0 amide bonds. The van der Waals surface area contributed by atoms with Crippen LogP contribution in [0.5, 0.6) is 0 Å². The number of thioether (sulfide) groups is 1. The summed E-state index contributed by atoms with van der Waals surface area (Å²) in [4.78, 5) is 2.20. The largest absolute Gasteiger partial charge is 0.391 e. The average molecular weight is 371 g/mol. The molecule has 0 saturated carbocycles. The van der Waals surface area contributed by atoms with E-state index in [-0.39, 0.29) is 11.9 Å². The zero-order chi connectivity index (χ0) is 17.4. The highest BCUT2D eigenvalue weighted by Crippen LogP contribution is 2.26. The van der Waals surface area contributed by atoms with E-state index in [4.69, 9.17) is 0 Å². The van der Waals surface area contributed by atoms with Crippen LogP contribution in [0.1, 0.15) is 19.4 Å². The van der Waals surface area contributed by atoms with Gasteiger partial charge in [-0.1, -0.05) is 49.1 Å². The van der Waals surface area contributed by atoms with Gasteiger partial charge in [0.25, 0.3) is 0 Å². The number of hydrogen-bond acceptors (Lipinski definition) is 7. The Morgan fingerprint density at radius 2 is 1.96 bits per heavy atom. The van der Waals surface area contributed by atoms with Gasteiger partial charge in [0.2, 0.25) is 5.13 Å². The second-order valence-electron chi connectivity index (χ2n) is 5.30. The molecule has 0 radical (unpaired) electrons. The first-order valence-electron chi connectivity index (χ1n) is 7.95. The summed E-state index contributed by atoms with van der Waals surface area (Å²) < 4.78 is 13.7. The lowest BCUT2D eigenvalue weighted by Gasteiger charge is -2.21. The Balaban J connectivity index is 1.75. The Morgan fingerprint density at radius 3 is 2.62 bits per heavy atom. The van der Waals surface area contributed by atoms with Gasteiger partial charge in [-0.05, 0) is 30.8 Å². The highest BCUT2D eigenvalue weighted by atomic mass is 32.2. The number of halogens is 1. The fourth-order valence-electron chi connectivity index (χ4n) is 2.12. The molecule has 2 rings (SSSR count). The van der Waals surface area contributed by atoms with E-state index in [1.165, 1.54) is 35.2 Å². The van der Waals surface area contributed by atoms with Crippen LogP contribution in [0.3, 0.4) is 0 Å². The van der Waals surface area contributed by atoms with Crippen molar-refractivity contribution in [2.24, 2.45) is 0 Å². The number of anilines is 1. The van der Waals surface area contributed by atoms with Crippen LogP contribution in [0.15, 0.2) is 28.6 Å². The normalized spacial score (nSPS) is 12.5. The molecule has 1 atom stereocenters. The summed E-state index contributed by atoms with van der Waals surface area (Å²) in [6.07, 6.45) is -0.380. The van der Waals surface area contributed by atoms with Crippen LogP contribution in [-0.4, -0.2) is 51.7 Å². The van der Waals surface area contributed by atoms with Crippen molar-refractivity contribution in [1.82, 2.24) is 15.1 Å². The predicted octanol–water partition coefficient (Wildman–Crippen LogP) is 3.08. The standard InChI is InChI=1S/C16H23FN4OS2/c1-3-21(4-2)10-14(22)11-23-16-20-19-15(24-16)18-9-12-5-7-13(17)8-6-12/h5-8,14,22H,3-4,9-11H2,1-2H3,(H,18,19). The van der Waals surface area contributed by atoms with E-state index in [1.54, 1.807) is 12.1 Å². The zero-order valence-electron chi connectivity index (χ0n) is 13.9. The van der Waals surface area contributed by atoms with E-state index < -0.39 is 0 Å². The first-order chi connectivity index (χ1) is 11.6. The molecule has 0 saturated heterocycles. The average Bonchev–Trinajstić information content (AvgIpc) is 3.05. The lowest BCUT2D eigenvalue weighted by molar-refractivity contribution is 0.137. The topological polar surface area (TPSA) is 61.3 Å². The summed E-state index contributed by atoms with van der Waals surface area (Å²) in [6, 6.07) is 6.36. The van der Waals surface area contributed by atoms with Gasteiger partial charge in [-0.15, -0.1) is 10.2 Å². The Hall–Kier alpha value is -1.22. The molecule has 5 nitrogen and oxygen atoms in total. The Labute approximate surface area is 150 Å². The molecule has 8 heteroatoms. The van der Waals surface area contributed by atoms with Crippen LogP contribution in [0.2, 0.25) is 0 Å². The molecule has 0 aliphatic rings. The molecule has 1 unspecified atom stereocenters. The molecule has 1 aromatic heterocycles. The summed E-state index contributed by atoms with van der Waals surface area (Å²) >= 11 is 2.97. The number of aliphatic hydroxyl groups excluding tert-OH is 1. The van der Waals surface area contributed by atoms with Gasteiger partial charge in [0.05, 0.1) is 6.10 Å². The number of aliphatic hydroxyl groups is 1. The van der Waals surface area contributed by atoms with Gasteiger partial charge in [0.15, 0.2) is 4.34 Å². The summed E-state index contributed by atoms with van der Waals surface area (Å²) in [5.74, 6) is 0.361. The first-order valence-corrected chi connectivity index (χ1v) is 9.76. The van der Waals surface area contributed by atoms with Crippen molar-refractivity contribution in [1.29, 1.82) is 0 Å². The van der Waals surface area contributed by atoms with Gasteiger partial charge in [0, 0.05) is 18.8 Å². The van der Waals surface area contributed by atoms with Crippen LogP contribution in [0.4, 0.5) is 9.52 Å². The second-order valence-corrected chi connectivity index (χ2v) is 7.55. The number of benzene rings is 1. The number of nitrogens with zero attached hydrogens (tertiary/aromatic N) is 3. The summed E-state index contributed by atoms with van der Waals surface area (Å²) in [7, 11) is 0. The van der Waals surface area contributed by atoms with Gasteiger partial charge < -0.3 is 15.3 Å². The maximum Gasteiger partial charge on any atom is 0.206 e. The summed E-state index contributed by atoms with van der Waals surface area (Å²) in [6.45, 7) is 7.31. The van der Waals surface area contributed by atoms with Crippen LogP contribution in [0.25, 0.3) is 0 Å². The lowest BCUT2D eigenvalue weighted by Crippen LogP contribution is -2.33. The minimum atomic E-state index is -0.380. The van der Waals surface area contributed by atoms with E-state index in [1.807, 2.05) is 0 Å². The van der Waals surface area contributed by atoms with Gasteiger partial charge in [-0.25, -0.2) is 4.39 Å². The van der Waals surface area contributed by atoms with E-state index in [9.17, 15) is 9.50 Å². The molecule has 0 aliphatic heterocycles. The summed E-state index contributed by atoms with van der Waals surface area (Å²) in [5, 5.41) is 22.2. The number of nitrogens with one attached hydrogen (secondary N) is 1. The number of rotatable bonds is 10. The first kappa shape index (κ1) is 19.1. The highest BCUT2D eigenvalue weighted by molar-refractivity contribution is 8.01. The van der Waals surface area contributed by atoms with E-state index >= 15 is 0 Å². The maximum atomic E-state index is 12.9. The molecule has 0 aliphatic carbocycles. The molecule has 0 spiro atoms. The third kappa shape index (κ3) is 6.35.